The number of anilines is 3. The van der Waals surface area contributed by atoms with Crippen molar-refractivity contribution in [1.29, 1.82) is 0 Å². The van der Waals surface area contributed by atoms with Crippen molar-refractivity contribution in [2.75, 3.05) is 4.90 Å². The monoisotopic (exact) mass is 1340 g/mol. The quantitative estimate of drug-likeness (QED) is 0.148. The number of aromatic nitrogens is 3. The van der Waals surface area contributed by atoms with Crippen LogP contribution < -0.4 is 21.3 Å². The van der Waals surface area contributed by atoms with Crippen LogP contribution in [0.25, 0.3) is 138 Å². The van der Waals surface area contributed by atoms with Gasteiger partial charge in [-0.1, -0.05) is 290 Å². The second-order valence-electron chi connectivity index (χ2n) is 26.9. The first-order valence-corrected chi connectivity index (χ1v) is 35.3. The Hall–Kier alpha value is -12.9. The van der Waals surface area contributed by atoms with Crippen LogP contribution >= 0.6 is 11.8 Å². The van der Waals surface area contributed by atoms with Crippen LogP contribution in [0.4, 0.5) is 17.1 Å². The molecule has 0 atom stereocenters. The molecule has 0 saturated carbocycles. The molecule has 5 heterocycles. The lowest BCUT2D eigenvalue weighted by molar-refractivity contribution is 0.794. The Morgan fingerprint density at radius 3 is 1.34 bits per heavy atom. The largest absolute Gasteiger partial charge is 0.310 e. The molecule has 0 saturated heterocycles. The van der Waals surface area contributed by atoms with Gasteiger partial charge in [0.15, 0.2) is 0 Å². The van der Waals surface area contributed by atoms with Crippen molar-refractivity contribution in [2.45, 2.75) is 15.2 Å². The van der Waals surface area contributed by atoms with E-state index in [4.69, 9.17) is 2.74 Å². The summed E-state index contributed by atoms with van der Waals surface area (Å²) in [5, 5.41) is 1.49. The Bertz CT molecular complexity index is 7600. The van der Waals surface area contributed by atoms with Gasteiger partial charge in [-0.2, -0.15) is 0 Å². The summed E-state index contributed by atoms with van der Waals surface area (Å²) >= 11 is 1.55. The molecular weight excluding hydrogens is 1260 g/mol. The van der Waals surface area contributed by atoms with Crippen molar-refractivity contribution >= 4 is 117 Å². The van der Waals surface area contributed by atoms with E-state index in [1.807, 2.05) is 127 Å². The van der Waals surface area contributed by atoms with Crippen LogP contribution in [-0.4, -0.2) is 20.4 Å². The number of rotatable bonds is 7. The lowest BCUT2D eigenvalue weighted by atomic mass is 9.34. The summed E-state index contributed by atoms with van der Waals surface area (Å²) in [6.07, 6.45) is 0. The zero-order valence-electron chi connectivity index (χ0n) is 70.6. The first-order valence-electron chi connectivity index (χ1n) is 42.4. The summed E-state index contributed by atoms with van der Waals surface area (Å²) in [6, 6.07) is 81.9. The third-order valence-corrected chi connectivity index (χ3v) is 23.2. The highest BCUT2D eigenvalue weighted by atomic mass is 32.2. The molecule has 3 aromatic heterocycles. The van der Waals surface area contributed by atoms with E-state index in [1.165, 1.54) is 43.5 Å². The number of para-hydroxylation sites is 6. The molecule has 0 unspecified atom stereocenters. The SMILES string of the molecule is [2H]c1c([2H])c([2H])c2c(c1[2H])c1c([2H])c([2H])c([2H])c([2H])c1n2-c1ccc2c(c1)N(c1c(-c3ccccc3)cccc1-c1ccccc1)c1cc(-n3c4c([2H])c([2H])c([2H])c([2H])c4c4c([2H])c([2H])c([2H])c([2H])c43)cc3c1B2c1ccc2c(c1S3)c1cc(-c3ccc4c(c3)C3(c5ccccc5-c5ccccc53)c3ccccc3-4)ccc1n2-c1ccccc1. The highest BCUT2D eigenvalue weighted by Gasteiger charge is 2.52. The van der Waals surface area contributed by atoms with Gasteiger partial charge in [-0.15, -0.1) is 0 Å². The number of fused-ring (bicyclic) bond motifs is 24. The van der Waals surface area contributed by atoms with Gasteiger partial charge in [0.2, 0.25) is 6.71 Å². The molecule has 0 fully saturated rings. The highest BCUT2D eigenvalue weighted by Crippen LogP contribution is 2.63. The Morgan fingerprint density at radius 2 is 0.757 bits per heavy atom. The first-order chi connectivity index (χ1) is 57.8. The van der Waals surface area contributed by atoms with Crippen LogP contribution in [0.2, 0.25) is 0 Å². The second kappa shape index (κ2) is 21.6. The third-order valence-electron chi connectivity index (χ3n) is 22.0. The lowest BCUT2D eigenvalue weighted by Gasteiger charge is -2.42. The number of benzene rings is 16. The van der Waals surface area contributed by atoms with E-state index in [1.54, 1.807) is 16.3 Å². The number of hydrogen-bond donors (Lipinski definition) is 0. The normalized spacial score (nSPS) is 15.6. The number of hydrogen-bond acceptors (Lipinski definition) is 2. The molecular formula is C97H59BN4S. The molecule has 16 aromatic carbocycles. The molecule has 0 amide bonds. The van der Waals surface area contributed by atoms with Crippen LogP contribution in [0.3, 0.4) is 0 Å². The van der Waals surface area contributed by atoms with Gasteiger partial charge in [0, 0.05) is 81.7 Å². The van der Waals surface area contributed by atoms with Crippen molar-refractivity contribution in [3.63, 3.8) is 0 Å². The van der Waals surface area contributed by atoms with Crippen LogP contribution in [0.1, 0.15) is 44.2 Å². The van der Waals surface area contributed by atoms with E-state index in [0.717, 1.165) is 87.7 Å². The third kappa shape index (κ3) is 7.82. The molecule has 19 aromatic rings. The minimum absolute atomic E-state index is 0.0740. The van der Waals surface area contributed by atoms with Crippen LogP contribution in [0.15, 0.2) is 367 Å². The Labute approximate surface area is 622 Å². The van der Waals surface area contributed by atoms with Gasteiger partial charge in [-0.3, -0.25) is 0 Å². The van der Waals surface area contributed by atoms with Gasteiger partial charge in [0.25, 0.3) is 0 Å². The maximum atomic E-state index is 10.00. The van der Waals surface area contributed by atoms with Crippen LogP contribution in [0, 0.1) is 0 Å². The van der Waals surface area contributed by atoms with E-state index >= 15 is 0 Å². The van der Waals surface area contributed by atoms with Crippen LogP contribution in [0.5, 0.6) is 0 Å². The average Bonchev–Trinajstić information content (AvgIpc) is 1.53. The molecule has 0 N–H and O–H groups in total. The van der Waals surface area contributed by atoms with Gasteiger partial charge in [-0.25, -0.2) is 0 Å². The summed E-state index contributed by atoms with van der Waals surface area (Å²) in [5.74, 6) is 0. The fourth-order valence-corrected chi connectivity index (χ4v) is 19.3. The Kier molecular flexibility index (Phi) is 9.14. The van der Waals surface area contributed by atoms with Gasteiger partial charge < -0.3 is 18.6 Å². The van der Waals surface area contributed by atoms with Gasteiger partial charge >= 0.3 is 0 Å². The summed E-state index contributed by atoms with van der Waals surface area (Å²) in [5.41, 5.74) is 21.4. The van der Waals surface area contributed by atoms with E-state index in [2.05, 4.69) is 143 Å². The molecule has 2 aliphatic carbocycles. The van der Waals surface area contributed by atoms with Gasteiger partial charge in [0.1, 0.15) is 0 Å². The Balaban J connectivity index is 0.867. The minimum atomic E-state index is -0.704. The van der Waals surface area contributed by atoms with Crippen molar-refractivity contribution in [2.24, 2.45) is 0 Å². The fourth-order valence-electron chi connectivity index (χ4n) is 17.9. The molecule has 23 rings (SSSR count). The molecule has 0 bridgehead atoms. The molecule has 6 heteroatoms. The van der Waals surface area contributed by atoms with E-state index in [9.17, 15) is 19.2 Å². The molecule has 0 radical (unpaired) electrons. The van der Waals surface area contributed by atoms with E-state index < -0.39 is 109 Å². The van der Waals surface area contributed by atoms with E-state index in [0.29, 0.717) is 22.0 Å². The molecule has 2 aliphatic heterocycles. The van der Waals surface area contributed by atoms with Crippen molar-refractivity contribution in [3.05, 3.63) is 380 Å². The maximum Gasteiger partial charge on any atom is 0.249 e. The lowest BCUT2D eigenvalue weighted by Crippen LogP contribution is -2.60. The van der Waals surface area contributed by atoms with E-state index in [-0.39, 0.29) is 55.0 Å². The molecule has 4 nitrogen and oxygen atoms in total. The second-order valence-corrected chi connectivity index (χ2v) is 28.0. The topological polar surface area (TPSA) is 18.0 Å². The maximum absolute atomic E-state index is 10.00. The summed E-state index contributed by atoms with van der Waals surface area (Å²) < 4.78 is 157. The highest BCUT2D eigenvalue weighted by molar-refractivity contribution is 8.00. The summed E-state index contributed by atoms with van der Waals surface area (Å²) in [4.78, 5) is 3.74. The van der Waals surface area contributed by atoms with Crippen molar-refractivity contribution in [1.82, 2.24) is 13.7 Å². The average molecular weight is 1340 g/mol. The predicted octanol–water partition coefficient (Wildman–Crippen LogP) is 23.1. The van der Waals surface area contributed by atoms with Crippen molar-refractivity contribution < 1.29 is 21.9 Å². The molecule has 4 aliphatic rings. The molecule has 103 heavy (non-hydrogen) atoms. The van der Waals surface area contributed by atoms with Gasteiger partial charge in [-0.05, 0) is 163 Å². The molecule has 476 valence electrons. The zero-order valence-corrected chi connectivity index (χ0v) is 55.4. The fraction of sp³-hybridized carbons (Fsp3) is 0.0103. The summed E-state index contributed by atoms with van der Waals surface area (Å²) in [6.45, 7) is -0.704. The van der Waals surface area contributed by atoms with Gasteiger partial charge in [0.05, 0.1) is 66.1 Å². The Morgan fingerprint density at radius 1 is 0.301 bits per heavy atom. The molecule has 1 spiro atoms. The number of nitrogens with zero attached hydrogens (tertiary/aromatic N) is 4. The standard InChI is InChI=1S/C97H59BN4S/c1-4-25-60(26-5-1)67-38-24-39-68(61-27-6-2-7-28-61)95(67)102-90-57-65(100-84-43-20-13-34-73(84)74-35-14-21-44-85(74)100)49-51-82(90)98-83-52-54-89-93(96(83)103-92-59-66(58-91(102)94(92)98)101-86-45-22-15-36-75(86)76-37-16-23-46-87(76)101)77-55-62(48-53-88(77)99(89)64-29-8-3-9-30-64)63-47-50-72-71-33-12-19-42-80(71)97(81(72)56-63)78-40-17-10-31-69(78)70-32-11-18-41-79(70)97/h1-59H/i13D,14D,15D,16D,20D,21D,22D,23D,34D,35D,36D,37D,43D,44D,45D,46D. The predicted molar refractivity (Wildman–Crippen MR) is 432 cm³/mol. The summed E-state index contributed by atoms with van der Waals surface area (Å²) in [7, 11) is 0. The van der Waals surface area contributed by atoms with Crippen LogP contribution in [-0.2, 0) is 5.41 Å². The first kappa shape index (κ1) is 43.6. The zero-order chi connectivity index (χ0) is 81.1. The minimum Gasteiger partial charge on any atom is -0.310 e. The van der Waals surface area contributed by atoms with Crippen molar-refractivity contribution in [3.8, 4) is 72.7 Å². The smallest absolute Gasteiger partial charge is 0.249 e.